The zero-order chi connectivity index (χ0) is 12.0. The van der Waals surface area contributed by atoms with Crippen LogP contribution >= 0.6 is 15.9 Å². The van der Waals surface area contributed by atoms with Gasteiger partial charge in [-0.05, 0) is 47.0 Å². The standard InChI is InChI=1S/C12H13BrO3/c1-2-3-4-7-16-11-6-5-9(12(14)15)8-10(11)13/h2,5-6,8H,1,3-4,7H2,(H,14,15). The number of aromatic carboxylic acids is 1. The first kappa shape index (κ1) is 12.8. The van der Waals surface area contributed by atoms with Crippen LogP contribution in [0.1, 0.15) is 23.2 Å². The molecule has 0 radical (unpaired) electrons. The van der Waals surface area contributed by atoms with Crippen molar-refractivity contribution >= 4 is 21.9 Å². The van der Waals surface area contributed by atoms with E-state index in [4.69, 9.17) is 9.84 Å². The Kier molecular flexibility index (Phi) is 5.05. The van der Waals surface area contributed by atoms with Crippen LogP contribution in [0.3, 0.4) is 0 Å². The van der Waals surface area contributed by atoms with Gasteiger partial charge in [-0.15, -0.1) is 6.58 Å². The average Bonchev–Trinajstić information content (AvgIpc) is 2.26. The second kappa shape index (κ2) is 6.33. The van der Waals surface area contributed by atoms with Crippen LogP contribution in [-0.2, 0) is 0 Å². The van der Waals surface area contributed by atoms with E-state index in [-0.39, 0.29) is 5.56 Å². The molecule has 0 atom stereocenters. The van der Waals surface area contributed by atoms with Gasteiger partial charge >= 0.3 is 5.97 Å². The van der Waals surface area contributed by atoms with Gasteiger partial charge in [-0.3, -0.25) is 0 Å². The van der Waals surface area contributed by atoms with Crippen LogP contribution < -0.4 is 4.74 Å². The zero-order valence-corrected chi connectivity index (χ0v) is 10.4. The fourth-order valence-electron chi connectivity index (χ4n) is 1.16. The van der Waals surface area contributed by atoms with E-state index in [1.54, 1.807) is 6.07 Å². The van der Waals surface area contributed by atoms with Crippen molar-refractivity contribution in [2.75, 3.05) is 6.61 Å². The van der Waals surface area contributed by atoms with Crippen LogP contribution in [0.25, 0.3) is 0 Å². The van der Waals surface area contributed by atoms with Crippen LogP contribution in [0, 0.1) is 0 Å². The monoisotopic (exact) mass is 284 g/mol. The molecule has 0 saturated carbocycles. The molecule has 1 aromatic carbocycles. The summed E-state index contributed by atoms with van der Waals surface area (Å²) >= 11 is 3.28. The third-order valence-electron chi connectivity index (χ3n) is 1.99. The van der Waals surface area contributed by atoms with Gasteiger partial charge in [0.05, 0.1) is 16.6 Å². The minimum atomic E-state index is -0.945. The molecule has 0 unspecified atom stereocenters. The van der Waals surface area contributed by atoms with Crippen LogP contribution in [0.15, 0.2) is 35.3 Å². The summed E-state index contributed by atoms with van der Waals surface area (Å²) in [6.07, 6.45) is 3.65. The molecule has 16 heavy (non-hydrogen) atoms. The highest BCUT2D eigenvalue weighted by molar-refractivity contribution is 9.10. The molecule has 1 rings (SSSR count). The van der Waals surface area contributed by atoms with Crippen molar-refractivity contribution in [1.29, 1.82) is 0 Å². The summed E-state index contributed by atoms with van der Waals surface area (Å²) in [4.78, 5) is 10.7. The summed E-state index contributed by atoms with van der Waals surface area (Å²) in [5.41, 5.74) is 0.241. The molecular weight excluding hydrogens is 272 g/mol. The summed E-state index contributed by atoms with van der Waals surface area (Å²) in [7, 11) is 0. The lowest BCUT2D eigenvalue weighted by molar-refractivity contribution is 0.0697. The number of carbonyl (C=O) groups is 1. The Morgan fingerprint density at radius 3 is 2.88 bits per heavy atom. The average molecular weight is 285 g/mol. The Hall–Kier alpha value is -1.29. The zero-order valence-electron chi connectivity index (χ0n) is 8.78. The maximum Gasteiger partial charge on any atom is 0.335 e. The molecule has 0 saturated heterocycles. The largest absolute Gasteiger partial charge is 0.492 e. The van der Waals surface area contributed by atoms with Gasteiger partial charge in [0.25, 0.3) is 0 Å². The maximum absolute atomic E-state index is 10.7. The lowest BCUT2D eigenvalue weighted by Gasteiger charge is -2.07. The summed E-state index contributed by atoms with van der Waals surface area (Å²) in [6, 6.07) is 4.71. The summed E-state index contributed by atoms with van der Waals surface area (Å²) in [5.74, 6) is -0.284. The number of rotatable bonds is 6. The normalized spacial score (nSPS) is 9.81. The minimum Gasteiger partial charge on any atom is -0.492 e. The SMILES string of the molecule is C=CCCCOc1ccc(C(=O)O)cc1Br. The van der Waals surface area contributed by atoms with Crippen molar-refractivity contribution in [1.82, 2.24) is 0 Å². The first-order chi connectivity index (χ1) is 7.65. The number of allylic oxidation sites excluding steroid dienone is 1. The van der Waals surface area contributed by atoms with Crippen molar-refractivity contribution in [3.63, 3.8) is 0 Å². The van der Waals surface area contributed by atoms with Gasteiger partial charge in [-0.1, -0.05) is 6.08 Å². The number of hydrogen-bond acceptors (Lipinski definition) is 2. The van der Waals surface area contributed by atoms with Gasteiger partial charge in [0.1, 0.15) is 5.75 Å². The second-order valence-corrected chi connectivity index (χ2v) is 4.08. The number of ether oxygens (including phenoxy) is 1. The van der Waals surface area contributed by atoms with Crippen molar-refractivity contribution < 1.29 is 14.6 Å². The molecular formula is C12H13BrO3. The maximum atomic E-state index is 10.7. The van der Waals surface area contributed by atoms with Crippen LogP contribution in [0.5, 0.6) is 5.75 Å². The molecule has 0 fully saturated rings. The lowest BCUT2D eigenvalue weighted by Crippen LogP contribution is -2.00. The molecule has 0 aliphatic rings. The van der Waals surface area contributed by atoms with E-state index in [0.29, 0.717) is 16.8 Å². The van der Waals surface area contributed by atoms with Gasteiger partial charge in [-0.25, -0.2) is 4.79 Å². The van der Waals surface area contributed by atoms with E-state index in [9.17, 15) is 4.79 Å². The smallest absolute Gasteiger partial charge is 0.335 e. The molecule has 0 heterocycles. The molecule has 1 aromatic rings. The van der Waals surface area contributed by atoms with E-state index in [0.717, 1.165) is 12.8 Å². The molecule has 0 amide bonds. The highest BCUT2D eigenvalue weighted by Gasteiger charge is 2.07. The number of carboxylic acids is 1. The van der Waals surface area contributed by atoms with E-state index >= 15 is 0 Å². The topological polar surface area (TPSA) is 46.5 Å². The Labute approximate surface area is 103 Å². The molecule has 4 heteroatoms. The fraction of sp³-hybridized carbons (Fsp3) is 0.250. The van der Waals surface area contributed by atoms with Crippen molar-refractivity contribution in [3.05, 3.63) is 40.9 Å². The Morgan fingerprint density at radius 2 is 2.31 bits per heavy atom. The van der Waals surface area contributed by atoms with Crippen molar-refractivity contribution in [2.45, 2.75) is 12.8 Å². The van der Waals surface area contributed by atoms with Gasteiger partial charge in [0.2, 0.25) is 0 Å². The first-order valence-corrected chi connectivity index (χ1v) is 5.71. The summed E-state index contributed by atoms with van der Waals surface area (Å²) < 4.78 is 6.14. The van der Waals surface area contributed by atoms with E-state index in [1.165, 1.54) is 12.1 Å². The van der Waals surface area contributed by atoms with Crippen LogP contribution in [0.4, 0.5) is 0 Å². The Balaban J connectivity index is 2.61. The third-order valence-corrected chi connectivity index (χ3v) is 2.61. The molecule has 0 aliphatic carbocycles. The van der Waals surface area contributed by atoms with E-state index < -0.39 is 5.97 Å². The predicted molar refractivity (Wildman–Crippen MR) is 66.0 cm³/mol. The quantitative estimate of drug-likeness (QED) is 0.643. The molecule has 0 spiro atoms. The fourth-order valence-corrected chi connectivity index (χ4v) is 1.65. The van der Waals surface area contributed by atoms with Gasteiger partial charge in [0, 0.05) is 0 Å². The van der Waals surface area contributed by atoms with Gasteiger partial charge in [0.15, 0.2) is 0 Å². The molecule has 0 aliphatic heterocycles. The highest BCUT2D eigenvalue weighted by Crippen LogP contribution is 2.26. The molecule has 3 nitrogen and oxygen atoms in total. The first-order valence-electron chi connectivity index (χ1n) is 4.91. The number of benzene rings is 1. The molecule has 1 N–H and O–H groups in total. The van der Waals surface area contributed by atoms with Crippen molar-refractivity contribution in [3.8, 4) is 5.75 Å². The Morgan fingerprint density at radius 1 is 1.56 bits per heavy atom. The minimum absolute atomic E-state index is 0.241. The van der Waals surface area contributed by atoms with Crippen LogP contribution in [0.2, 0.25) is 0 Å². The molecule has 0 aromatic heterocycles. The molecule has 0 bridgehead atoms. The highest BCUT2D eigenvalue weighted by atomic mass is 79.9. The second-order valence-electron chi connectivity index (χ2n) is 3.23. The number of hydrogen-bond donors (Lipinski definition) is 1. The predicted octanol–water partition coefficient (Wildman–Crippen LogP) is 3.49. The number of unbranched alkanes of at least 4 members (excludes halogenated alkanes) is 1. The van der Waals surface area contributed by atoms with Crippen molar-refractivity contribution in [2.24, 2.45) is 0 Å². The van der Waals surface area contributed by atoms with Gasteiger partial charge in [-0.2, -0.15) is 0 Å². The summed E-state index contributed by atoms with van der Waals surface area (Å²) in [6.45, 7) is 4.22. The molecule has 86 valence electrons. The van der Waals surface area contributed by atoms with Gasteiger partial charge < -0.3 is 9.84 Å². The third kappa shape index (κ3) is 3.70. The lowest BCUT2D eigenvalue weighted by atomic mass is 10.2. The van der Waals surface area contributed by atoms with E-state index in [2.05, 4.69) is 22.5 Å². The number of halogens is 1. The number of carboxylic acid groups (broad SMARTS) is 1. The van der Waals surface area contributed by atoms with Crippen LogP contribution in [-0.4, -0.2) is 17.7 Å². The summed E-state index contributed by atoms with van der Waals surface area (Å²) in [5, 5.41) is 8.77. The van der Waals surface area contributed by atoms with E-state index in [1.807, 2.05) is 6.08 Å². The Bertz CT molecular complexity index is 388.